The first kappa shape index (κ1) is 21.6. The summed E-state index contributed by atoms with van der Waals surface area (Å²) in [7, 11) is -3.53. The summed E-state index contributed by atoms with van der Waals surface area (Å²) in [5.74, 6) is 2.14. The van der Waals surface area contributed by atoms with Crippen LogP contribution in [0.15, 0.2) is 48.5 Å². The van der Waals surface area contributed by atoms with E-state index in [1.54, 1.807) is 50.2 Å². The summed E-state index contributed by atoms with van der Waals surface area (Å²) < 4.78 is 43.6. The van der Waals surface area contributed by atoms with E-state index in [1.165, 1.54) is 12.1 Å². The first-order valence-corrected chi connectivity index (χ1v) is 10.5. The highest BCUT2D eigenvalue weighted by Gasteiger charge is 2.17. The van der Waals surface area contributed by atoms with Gasteiger partial charge in [0.05, 0.1) is 19.5 Å². The van der Waals surface area contributed by atoms with Crippen molar-refractivity contribution in [2.24, 2.45) is 0 Å². The molecule has 0 fully saturated rings. The summed E-state index contributed by atoms with van der Waals surface area (Å²) >= 11 is 0. The van der Waals surface area contributed by atoms with Crippen LogP contribution >= 0.6 is 0 Å². The van der Waals surface area contributed by atoms with Gasteiger partial charge in [0, 0.05) is 6.42 Å². The number of benzene rings is 2. The maximum absolute atomic E-state index is 11.1. The molecule has 0 aliphatic carbocycles. The van der Waals surface area contributed by atoms with Crippen molar-refractivity contribution in [3.8, 4) is 23.0 Å². The van der Waals surface area contributed by atoms with Crippen LogP contribution in [-0.4, -0.2) is 39.8 Å². The zero-order chi connectivity index (χ0) is 20.6. The van der Waals surface area contributed by atoms with Crippen LogP contribution in [-0.2, 0) is 14.9 Å². The molecule has 2 aromatic rings. The van der Waals surface area contributed by atoms with E-state index in [1.807, 2.05) is 0 Å². The normalized spacial score (nSPS) is 11.5. The highest BCUT2D eigenvalue weighted by molar-refractivity contribution is 7.86. The molecular formula is C20H24O7S. The van der Waals surface area contributed by atoms with E-state index in [2.05, 4.69) is 0 Å². The lowest BCUT2D eigenvalue weighted by molar-refractivity contribution is -0.118. The minimum atomic E-state index is -3.53. The van der Waals surface area contributed by atoms with Gasteiger partial charge in [-0.3, -0.25) is 4.79 Å². The van der Waals surface area contributed by atoms with Crippen molar-refractivity contribution in [3.63, 3.8) is 0 Å². The van der Waals surface area contributed by atoms with Gasteiger partial charge in [0.15, 0.2) is 11.9 Å². The van der Waals surface area contributed by atoms with Crippen LogP contribution in [0.3, 0.4) is 0 Å². The highest BCUT2D eigenvalue weighted by Crippen LogP contribution is 2.21. The highest BCUT2D eigenvalue weighted by atomic mass is 32.2. The third-order valence-electron chi connectivity index (χ3n) is 3.39. The lowest BCUT2D eigenvalue weighted by atomic mass is 10.2. The van der Waals surface area contributed by atoms with Gasteiger partial charge >= 0.3 is 10.1 Å². The van der Waals surface area contributed by atoms with Crippen molar-refractivity contribution < 1.29 is 31.6 Å². The summed E-state index contributed by atoms with van der Waals surface area (Å²) in [5.41, 5.74) is -0.866. The third kappa shape index (κ3) is 7.87. The minimum absolute atomic E-state index is 0.238. The number of hydrogen-bond acceptors (Lipinski definition) is 7. The lowest BCUT2D eigenvalue weighted by Crippen LogP contribution is -2.29. The minimum Gasteiger partial charge on any atom is -0.493 e. The van der Waals surface area contributed by atoms with Gasteiger partial charge in [-0.15, -0.1) is 0 Å². The van der Waals surface area contributed by atoms with Crippen molar-refractivity contribution in [2.75, 3.05) is 19.5 Å². The number of aldehydes is 1. The molecule has 0 N–H and O–H groups in total. The van der Waals surface area contributed by atoms with Crippen LogP contribution in [0, 0.1) is 0 Å². The van der Waals surface area contributed by atoms with Crippen LogP contribution in [0.2, 0.25) is 0 Å². The number of carbonyl (C=O) groups is 1. The summed E-state index contributed by atoms with van der Waals surface area (Å²) in [6.07, 6.45) is 2.41. The maximum atomic E-state index is 11.1. The largest absolute Gasteiger partial charge is 0.493 e. The molecule has 152 valence electrons. The quantitative estimate of drug-likeness (QED) is 0.320. The molecule has 0 amide bonds. The van der Waals surface area contributed by atoms with Crippen molar-refractivity contribution in [2.45, 2.75) is 25.9 Å². The van der Waals surface area contributed by atoms with Gasteiger partial charge in [-0.05, 0) is 62.4 Å². The Kier molecular flexibility index (Phi) is 7.28. The second-order valence-electron chi connectivity index (χ2n) is 6.60. The Balaban J connectivity index is 1.69. The summed E-state index contributed by atoms with van der Waals surface area (Å²) in [4.78, 5) is 10.9. The predicted octanol–water partition coefficient (Wildman–Crippen LogP) is 3.23. The predicted molar refractivity (Wildman–Crippen MR) is 105 cm³/mol. The van der Waals surface area contributed by atoms with Crippen LogP contribution in [0.4, 0.5) is 0 Å². The molecule has 2 aromatic carbocycles. The molecule has 0 aliphatic rings. The molecule has 0 unspecified atom stereocenters. The molecule has 0 heterocycles. The zero-order valence-electron chi connectivity index (χ0n) is 16.1. The van der Waals surface area contributed by atoms with Gasteiger partial charge in [-0.25, -0.2) is 0 Å². The van der Waals surface area contributed by atoms with Crippen LogP contribution in [0.5, 0.6) is 23.0 Å². The second-order valence-corrected chi connectivity index (χ2v) is 8.18. The molecule has 0 spiro atoms. The topological polar surface area (TPSA) is 88.1 Å². The van der Waals surface area contributed by atoms with E-state index in [0.717, 1.165) is 12.5 Å². The average Bonchev–Trinajstić information content (AvgIpc) is 2.63. The molecule has 28 heavy (non-hydrogen) atoms. The third-order valence-corrected chi connectivity index (χ3v) is 3.88. The van der Waals surface area contributed by atoms with Gasteiger partial charge in [0.1, 0.15) is 23.0 Å². The number of carbonyl (C=O) groups excluding carboxylic acids is 1. The Hall–Kier alpha value is -2.74. The average molecular weight is 408 g/mol. The number of rotatable bonds is 11. The van der Waals surface area contributed by atoms with Crippen molar-refractivity contribution in [3.05, 3.63) is 48.5 Å². The SMILES string of the molecule is CC(C)(C=O)Oc1ccc(OCCCOc2ccc(OS(C)(=O)=O)cc2)cc1. The van der Waals surface area contributed by atoms with E-state index in [0.29, 0.717) is 36.9 Å². The Morgan fingerprint density at radius 3 is 1.68 bits per heavy atom. The molecule has 0 radical (unpaired) electrons. The van der Waals surface area contributed by atoms with Gasteiger partial charge in [0.25, 0.3) is 0 Å². The summed E-state index contributed by atoms with van der Waals surface area (Å²) in [6, 6.07) is 13.4. The Labute approximate surface area is 165 Å². The molecule has 2 rings (SSSR count). The fraction of sp³-hybridized carbons (Fsp3) is 0.350. The van der Waals surface area contributed by atoms with E-state index >= 15 is 0 Å². The molecule has 0 aliphatic heterocycles. The van der Waals surface area contributed by atoms with Crippen LogP contribution in [0.25, 0.3) is 0 Å². The first-order chi connectivity index (χ1) is 13.2. The second kappa shape index (κ2) is 9.45. The van der Waals surface area contributed by atoms with E-state index in [9.17, 15) is 13.2 Å². The molecule has 7 nitrogen and oxygen atoms in total. The molecule has 0 aromatic heterocycles. The van der Waals surface area contributed by atoms with Crippen LogP contribution in [0.1, 0.15) is 20.3 Å². The van der Waals surface area contributed by atoms with Crippen molar-refractivity contribution in [1.82, 2.24) is 0 Å². The molecule has 0 bridgehead atoms. The Morgan fingerprint density at radius 2 is 1.25 bits per heavy atom. The Bertz CT molecular complexity index is 856. The monoisotopic (exact) mass is 408 g/mol. The number of ether oxygens (including phenoxy) is 3. The number of hydrogen-bond donors (Lipinski definition) is 0. The van der Waals surface area contributed by atoms with Crippen LogP contribution < -0.4 is 18.4 Å². The smallest absolute Gasteiger partial charge is 0.306 e. The van der Waals surface area contributed by atoms with Crippen molar-refractivity contribution >= 4 is 16.4 Å². The van der Waals surface area contributed by atoms with Crippen molar-refractivity contribution in [1.29, 1.82) is 0 Å². The summed E-state index contributed by atoms with van der Waals surface area (Å²) in [6.45, 7) is 4.30. The van der Waals surface area contributed by atoms with Gasteiger partial charge in [0.2, 0.25) is 0 Å². The van der Waals surface area contributed by atoms with Gasteiger partial charge < -0.3 is 18.4 Å². The molecule has 8 heteroatoms. The van der Waals surface area contributed by atoms with Gasteiger partial charge in [-0.1, -0.05) is 0 Å². The first-order valence-electron chi connectivity index (χ1n) is 8.67. The van der Waals surface area contributed by atoms with E-state index in [4.69, 9.17) is 18.4 Å². The molecule has 0 atom stereocenters. The van der Waals surface area contributed by atoms with E-state index in [-0.39, 0.29) is 5.75 Å². The maximum Gasteiger partial charge on any atom is 0.306 e. The molecule has 0 saturated carbocycles. The standard InChI is InChI=1S/C20H24O7S/c1-20(2,15-21)26-18-9-5-16(6-10-18)24-13-4-14-25-17-7-11-19(12-8-17)27-28(3,22)23/h5-12,15H,4,13-14H2,1-3H3. The lowest BCUT2D eigenvalue weighted by Gasteiger charge is -2.19. The van der Waals surface area contributed by atoms with Gasteiger partial charge in [-0.2, -0.15) is 8.42 Å². The fourth-order valence-corrected chi connectivity index (χ4v) is 2.60. The molecular weight excluding hydrogens is 384 g/mol. The Morgan fingerprint density at radius 1 is 0.821 bits per heavy atom. The summed E-state index contributed by atoms with van der Waals surface area (Å²) in [5, 5.41) is 0. The van der Waals surface area contributed by atoms with E-state index < -0.39 is 15.7 Å². The fourth-order valence-electron chi connectivity index (χ4n) is 2.14. The zero-order valence-corrected chi connectivity index (χ0v) is 16.9. The molecule has 0 saturated heterocycles.